The van der Waals surface area contributed by atoms with Crippen molar-refractivity contribution >= 4 is 17.3 Å². The lowest BCUT2D eigenvalue weighted by molar-refractivity contribution is 0.0579. The van der Waals surface area contributed by atoms with Gasteiger partial charge in [-0.15, -0.1) is 0 Å². The molecule has 2 heterocycles. The number of halogens is 1. The maximum Gasteiger partial charge on any atom is 0.255 e. The molecule has 1 atom stereocenters. The van der Waals surface area contributed by atoms with E-state index < -0.39 is 0 Å². The zero-order chi connectivity index (χ0) is 19.5. The van der Waals surface area contributed by atoms with Gasteiger partial charge in [-0.05, 0) is 49.2 Å². The van der Waals surface area contributed by atoms with Crippen LogP contribution < -0.4 is 15.9 Å². The van der Waals surface area contributed by atoms with Gasteiger partial charge >= 0.3 is 0 Å². The van der Waals surface area contributed by atoms with Crippen molar-refractivity contribution in [1.29, 1.82) is 0 Å². The van der Waals surface area contributed by atoms with Crippen molar-refractivity contribution in [3.05, 3.63) is 71.9 Å². The molecule has 28 heavy (non-hydrogen) atoms. The zero-order valence-electron chi connectivity index (χ0n) is 15.7. The quantitative estimate of drug-likeness (QED) is 0.848. The highest BCUT2D eigenvalue weighted by atomic mass is 19.1. The van der Waals surface area contributed by atoms with Gasteiger partial charge in [0.2, 0.25) is 0 Å². The first kappa shape index (κ1) is 18.3. The van der Waals surface area contributed by atoms with Gasteiger partial charge in [-0.3, -0.25) is 4.79 Å². The van der Waals surface area contributed by atoms with E-state index in [0.29, 0.717) is 12.1 Å². The number of carbonyl (C=O) groups is 1. The minimum Gasteiger partial charge on any atom is -0.391 e. The normalized spacial score (nSPS) is 19.2. The molecule has 0 aliphatic carbocycles. The highest BCUT2D eigenvalue weighted by molar-refractivity contribution is 5.99. The summed E-state index contributed by atoms with van der Waals surface area (Å²) < 4.78 is 13.1. The molecule has 2 aromatic rings. The second-order valence-electron chi connectivity index (χ2n) is 6.96. The van der Waals surface area contributed by atoms with Crippen LogP contribution in [0.2, 0.25) is 0 Å². The predicted molar refractivity (Wildman–Crippen MR) is 106 cm³/mol. The third-order valence-electron chi connectivity index (χ3n) is 5.16. The van der Waals surface area contributed by atoms with E-state index in [4.69, 9.17) is 4.84 Å². The molecule has 7 heteroatoms. The largest absolute Gasteiger partial charge is 0.391 e. The number of anilines is 2. The molecule has 4 rings (SSSR count). The number of rotatable bonds is 4. The van der Waals surface area contributed by atoms with Crippen LogP contribution in [0.15, 0.2) is 60.5 Å². The van der Waals surface area contributed by atoms with E-state index in [0.717, 1.165) is 36.5 Å². The standard InChI is InChI=1S/C21H23FN4O2/c1-23-19-7-3-2-6-18(19)21(27)25-12-4-5-15(13-25)20-14-26(24-28-20)17-10-8-16(22)9-11-17/h2-3,6-11,14-15,23-24H,4-5,12-13H2,1H3/t15-/m0/s1. The van der Waals surface area contributed by atoms with E-state index in [1.165, 1.54) is 12.1 Å². The van der Waals surface area contributed by atoms with Crippen molar-refractivity contribution in [1.82, 2.24) is 10.5 Å². The van der Waals surface area contributed by atoms with E-state index >= 15 is 0 Å². The average Bonchev–Trinajstić information content (AvgIpc) is 3.24. The highest BCUT2D eigenvalue weighted by Gasteiger charge is 2.31. The predicted octanol–water partition coefficient (Wildman–Crippen LogP) is 3.52. The van der Waals surface area contributed by atoms with Gasteiger partial charge in [-0.2, -0.15) is 0 Å². The molecule has 2 aliphatic heterocycles. The number of hydrogen-bond donors (Lipinski definition) is 2. The molecule has 2 aliphatic rings. The summed E-state index contributed by atoms with van der Waals surface area (Å²) in [5, 5.41) is 4.80. The maximum absolute atomic E-state index is 13.1. The Kier molecular flexibility index (Phi) is 5.16. The highest BCUT2D eigenvalue weighted by Crippen LogP contribution is 2.30. The number of hydrogen-bond acceptors (Lipinski definition) is 5. The van der Waals surface area contributed by atoms with Crippen molar-refractivity contribution < 1.29 is 14.0 Å². The molecular weight excluding hydrogens is 359 g/mol. The molecule has 2 N–H and O–H groups in total. The van der Waals surface area contributed by atoms with Crippen molar-refractivity contribution in [2.75, 3.05) is 30.5 Å². The Balaban J connectivity index is 1.47. The molecule has 1 amide bonds. The van der Waals surface area contributed by atoms with Gasteiger partial charge in [-0.1, -0.05) is 17.7 Å². The van der Waals surface area contributed by atoms with Crippen LogP contribution in [0.4, 0.5) is 15.8 Å². The van der Waals surface area contributed by atoms with Crippen LogP contribution in [-0.4, -0.2) is 30.9 Å². The fraction of sp³-hybridized carbons (Fsp3) is 0.286. The molecule has 0 saturated carbocycles. The zero-order valence-corrected chi connectivity index (χ0v) is 15.7. The third-order valence-corrected chi connectivity index (χ3v) is 5.16. The number of para-hydroxylation sites is 1. The average molecular weight is 382 g/mol. The molecule has 1 fully saturated rings. The maximum atomic E-state index is 13.1. The Hall–Kier alpha value is -3.06. The fourth-order valence-electron chi connectivity index (χ4n) is 3.65. The Morgan fingerprint density at radius 2 is 2.00 bits per heavy atom. The molecular formula is C21H23FN4O2. The second-order valence-corrected chi connectivity index (χ2v) is 6.96. The number of piperidine rings is 1. The first-order valence-corrected chi connectivity index (χ1v) is 9.41. The summed E-state index contributed by atoms with van der Waals surface area (Å²) in [4.78, 5) is 20.6. The summed E-state index contributed by atoms with van der Waals surface area (Å²) in [6.45, 7) is 1.33. The smallest absolute Gasteiger partial charge is 0.255 e. The van der Waals surface area contributed by atoms with Crippen molar-refractivity contribution in [2.24, 2.45) is 5.92 Å². The number of benzene rings is 2. The van der Waals surface area contributed by atoms with Crippen LogP contribution in [0.25, 0.3) is 0 Å². The second kappa shape index (κ2) is 7.90. The van der Waals surface area contributed by atoms with E-state index in [9.17, 15) is 9.18 Å². The molecule has 146 valence electrons. The number of likely N-dealkylation sites (tertiary alicyclic amines) is 1. The van der Waals surface area contributed by atoms with E-state index in [2.05, 4.69) is 10.9 Å². The van der Waals surface area contributed by atoms with Crippen molar-refractivity contribution in [3.8, 4) is 0 Å². The van der Waals surface area contributed by atoms with Crippen LogP contribution in [0, 0.1) is 11.7 Å². The topological polar surface area (TPSA) is 56.8 Å². The first-order chi connectivity index (χ1) is 13.7. The molecule has 1 saturated heterocycles. The van der Waals surface area contributed by atoms with Gasteiger partial charge in [0.15, 0.2) is 0 Å². The Bertz CT molecular complexity index is 884. The SMILES string of the molecule is CNc1ccccc1C(=O)N1CCC[C@H](C2=CN(c3ccc(F)cc3)NO2)C1. The van der Waals surface area contributed by atoms with E-state index in [-0.39, 0.29) is 17.6 Å². The van der Waals surface area contributed by atoms with Crippen LogP contribution in [0.3, 0.4) is 0 Å². The first-order valence-electron chi connectivity index (χ1n) is 9.41. The molecule has 2 aromatic carbocycles. The van der Waals surface area contributed by atoms with Crippen LogP contribution in [0.1, 0.15) is 23.2 Å². The van der Waals surface area contributed by atoms with Crippen LogP contribution in [-0.2, 0) is 4.84 Å². The Labute approximate surface area is 163 Å². The van der Waals surface area contributed by atoms with Gasteiger partial charge in [0.25, 0.3) is 5.91 Å². The Morgan fingerprint density at radius 1 is 1.21 bits per heavy atom. The number of nitrogens with one attached hydrogen (secondary N) is 2. The number of amides is 1. The Morgan fingerprint density at radius 3 is 2.79 bits per heavy atom. The minimum absolute atomic E-state index is 0.0246. The number of hydrazine groups is 1. The van der Waals surface area contributed by atoms with Gasteiger partial charge in [-0.25, -0.2) is 9.40 Å². The summed E-state index contributed by atoms with van der Waals surface area (Å²) in [7, 11) is 1.82. The summed E-state index contributed by atoms with van der Waals surface area (Å²) in [6.07, 6.45) is 3.73. The fourth-order valence-corrected chi connectivity index (χ4v) is 3.65. The van der Waals surface area contributed by atoms with Crippen LogP contribution in [0.5, 0.6) is 0 Å². The monoisotopic (exact) mass is 382 g/mol. The van der Waals surface area contributed by atoms with E-state index in [1.54, 1.807) is 17.1 Å². The van der Waals surface area contributed by atoms with E-state index in [1.807, 2.05) is 42.4 Å². The molecule has 0 spiro atoms. The molecule has 6 nitrogen and oxygen atoms in total. The number of carbonyl (C=O) groups excluding carboxylic acids is 1. The van der Waals surface area contributed by atoms with Crippen molar-refractivity contribution in [3.63, 3.8) is 0 Å². The molecule has 0 aromatic heterocycles. The van der Waals surface area contributed by atoms with Crippen LogP contribution >= 0.6 is 0 Å². The number of nitrogens with zero attached hydrogens (tertiary/aromatic N) is 2. The minimum atomic E-state index is -0.281. The lowest BCUT2D eigenvalue weighted by atomic mass is 9.95. The van der Waals surface area contributed by atoms with Gasteiger partial charge in [0.1, 0.15) is 11.6 Å². The third kappa shape index (κ3) is 3.66. The summed E-state index contributed by atoms with van der Waals surface area (Å²) in [5.74, 6) is 0.633. The summed E-state index contributed by atoms with van der Waals surface area (Å²) >= 11 is 0. The van der Waals surface area contributed by atoms with Gasteiger partial charge < -0.3 is 15.1 Å². The van der Waals surface area contributed by atoms with Crippen molar-refractivity contribution in [2.45, 2.75) is 12.8 Å². The summed E-state index contributed by atoms with van der Waals surface area (Å²) in [5.41, 5.74) is 5.13. The lowest BCUT2D eigenvalue weighted by Crippen LogP contribution is -2.40. The molecule has 0 bridgehead atoms. The van der Waals surface area contributed by atoms with Gasteiger partial charge in [0, 0.05) is 31.7 Å². The molecule has 0 unspecified atom stereocenters. The summed E-state index contributed by atoms with van der Waals surface area (Å²) in [6, 6.07) is 13.7. The lowest BCUT2D eigenvalue weighted by Gasteiger charge is -2.32. The molecule has 0 radical (unpaired) electrons. The van der Waals surface area contributed by atoms with Gasteiger partial charge in [0.05, 0.1) is 17.5 Å².